The van der Waals surface area contributed by atoms with Crippen molar-refractivity contribution in [3.05, 3.63) is 78.1 Å². The van der Waals surface area contributed by atoms with Crippen LogP contribution in [0, 0.1) is 0 Å². The molecule has 0 amide bonds. The summed E-state index contributed by atoms with van der Waals surface area (Å²) < 4.78 is 13.4. The van der Waals surface area contributed by atoms with Crippen molar-refractivity contribution < 1.29 is 9.47 Å². The Bertz CT molecular complexity index is 853. The SMILES string of the molecule is CCc1ccc(N2CCO[C@H]2c2ccn(-c3ccc(OC)cc3)c2)cc1. The van der Waals surface area contributed by atoms with E-state index in [2.05, 4.69) is 71.2 Å². The van der Waals surface area contributed by atoms with Gasteiger partial charge in [-0.1, -0.05) is 19.1 Å². The van der Waals surface area contributed by atoms with Gasteiger partial charge in [0, 0.05) is 35.9 Å². The lowest BCUT2D eigenvalue weighted by molar-refractivity contribution is 0.114. The third kappa shape index (κ3) is 3.20. The summed E-state index contributed by atoms with van der Waals surface area (Å²) in [6.45, 7) is 3.83. The van der Waals surface area contributed by atoms with Crippen molar-refractivity contribution >= 4 is 5.69 Å². The average molecular weight is 348 g/mol. The Balaban J connectivity index is 1.57. The summed E-state index contributed by atoms with van der Waals surface area (Å²) in [5.74, 6) is 0.863. The molecule has 0 bridgehead atoms. The molecular weight excluding hydrogens is 324 g/mol. The van der Waals surface area contributed by atoms with Crippen LogP contribution in [0.2, 0.25) is 0 Å². The average Bonchev–Trinajstić information content (AvgIpc) is 3.37. The van der Waals surface area contributed by atoms with Gasteiger partial charge in [0.15, 0.2) is 6.23 Å². The highest BCUT2D eigenvalue weighted by atomic mass is 16.5. The van der Waals surface area contributed by atoms with Crippen molar-refractivity contribution in [2.24, 2.45) is 0 Å². The van der Waals surface area contributed by atoms with Crippen LogP contribution in [-0.2, 0) is 11.2 Å². The standard InChI is InChI=1S/C22H24N2O2/c1-3-17-4-6-20(7-5-17)24-14-15-26-22(24)18-12-13-23(16-18)19-8-10-21(25-2)11-9-19/h4-13,16,22H,3,14-15H2,1-2H3/t22-/m0/s1. The topological polar surface area (TPSA) is 26.6 Å². The van der Waals surface area contributed by atoms with Gasteiger partial charge in [-0.15, -0.1) is 0 Å². The van der Waals surface area contributed by atoms with E-state index in [1.165, 1.54) is 11.3 Å². The minimum absolute atomic E-state index is 0.0398. The number of ether oxygens (including phenoxy) is 2. The van der Waals surface area contributed by atoms with Crippen LogP contribution in [0.3, 0.4) is 0 Å². The van der Waals surface area contributed by atoms with Crippen molar-refractivity contribution in [2.45, 2.75) is 19.6 Å². The summed E-state index contributed by atoms with van der Waals surface area (Å²) in [6, 6.07) is 19.0. The molecule has 1 aromatic heterocycles. The highest BCUT2D eigenvalue weighted by Crippen LogP contribution is 2.33. The molecule has 4 heteroatoms. The number of aryl methyl sites for hydroxylation is 1. The summed E-state index contributed by atoms with van der Waals surface area (Å²) in [5, 5.41) is 0. The number of aromatic nitrogens is 1. The highest BCUT2D eigenvalue weighted by molar-refractivity contribution is 5.50. The molecule has 26 heavy (non-hydrogen) atoms. The predicted molar refractivity (Wildman–Crippen MR) is 104 cm³/mol. The fourth-order valence-corrected chi connectivity index (χ4v) is 3.41. The van der Waals surface area contributed by atoms with Crippen LogP contribution >= 0.6 is 0 Å². The number of benzene rings is 2. The van der Waals surface area contributed by atoms with Gasteiger partial charge in [-0.2, -0.15) is 0 Å². The van der Waals surface area contributed by atoms with Gasteiger partial charge in [-0.05, 0) is 54.4 Å². The van der Waals surface area contributed by atoms with E-state index in [4.69, 9.17) is 9.47 Å². The maximum absolute atomic E-state index is 6.04. The molecule has 134 valence electrons. The Morgan fingerprint density at radius 2 is 1.73 bits per heavy atom. The zero-order valence-corrected chi connectivity index (χ0v) is 15.3. The zero-order chi connectivity index (χ0) is 17.9. The first kappa shape index (κ1) is 16.7. The Kier molecular flexibility index (Phi) is 4.67. The molecule has 0 aliphatic carbocycles. The Hall–Kier alpha value is -2.72. The molecule has 0 unspecified atom stereocenters. The van der Waals surface area contributed by atoms with Gasteiger partial charge in [0.25, 0.3) is 0 Å². The van der Waals surface area contributed by atoms with E-state index >= 15 is 0 Å². The van der Waals surface area contributed by atoms with E-state index in [0.717, 1.165) is 36.6 Å². The summed E-state index contributed by atoms with van der Waals surface area (Å²) in [6.07, 6.45) is 5.25. The Morgan fingerprint density at radius 3 is 2.42 bits per heavy atom. The molecule has 2 heterocycles. The lowest BCUT2D eigenvalue weighted by Crippen LogP contribution is -2.22. The number of rotatable bonds is 5. The minimum atomic E-state index is -0.0398. The minimum Gasteiger partial charge on any atom is -0.497 e. The molecular formula is C22H24N2O2. The van der Waals surface area contributed by atoms with Gasteiger partial charge in [-0.3, -0.25) is 0 Å². The second-order valence-electron chi connectivity index (χ2n) is 6.49. The molecule has 1 fully saturated rings. The molecule has 2 aromatic carbocycles. The largest absolute Gasteiger partial charge is 0.497 e. The molecule has 4 nitrogen and oxygen atoms in total. The summed E-state index contributed by atoms with van der Waals surface area (Å²) in [5.41, 5.74) is 4.84. The van der Waals surface area contributed by atoms with Crippen LogP contribution in [0.1, 0.15) is 24.3 Å². The molecule has 1 aliphatic rings. The van der Waals surface area contributed by atoms with Crippen LogP contribution in [0.5, 0.6) is 5.75 Å². The van der Waals surface area contributed by atoms with Crippen LogP contribution < -0.4 is 9.64 Å². The second-order valence-corrected chi connectivity index (χ2v) is 6.49. The van der Waals surface area contributed by atoms with E-state index in [1.807, 2.05) is 12.1 Å². The highest BCUT2D eigenvalue weighted by Gasteiger charge is 2.27. The first-order valence-electron chi connectivity index (χ1n) is 9.08. The lowest BCUT2D eigenvalue weighted by atomic mass is 10.1. The fourth-order valence-electron chi connectivity index (χ4n) is 3.41. The van der Waals surface area contributed by atoms with Gasteiger partial charge in [-0.25, -0.2) is 0 Å². The van der Waals surface area contributed by atoms with E-state index in [1.54, 1.807) is 7.11 Å². The maximum Gasteiger partial charge on any atom is 0.158 e. The molecule has 1 saturated heterocycles. The molecule has 1 aliphatic heterocycles. The van der Waals surface area contributed by atoms with Crippen molar-refractivity contribution in [1.29, 1.82) is 0 Å². The first-order chi connectivity index (χ1) is 12.8. The Labute approximate surface area is 154 Å². The summed E-state index contributed by atoms with van der Waals surface area (Å²) in [4.78, 5) is 2.33. The molecule has 3 aromatic rings. The molecule has 4 rings (SSSR count). The maximum atomic E-state index is 6.04. The third-order valence-electron chi connectivity index (χ3n) is 4.94. The number of anilines is 1. The van der Waals surface area contributed by atoms with E-state index in [0.29, 0.717) is 0 Å². The lowest BCUT2D eigenvalue weighted by Gasteiger charge is -2.24. The third-order valence-corrected chi connectivity index (χ3v) is 4.94. The smallest absolute Gasteiger partial charge is 0.158 e. The van der Waals surface area contributed by atoms with Crippen molar-refractivity contribution in [3.63, 3.8) is 0 Å². The second kappa shape index (κ2) is 7.26. The number of methoxy groups -OCH3 is 1. The predicted octanol–water partition coefficient (Wildman–Crippen LogP) is 4.58. The first-order valence-corrected chi connectivity index (χ1v) is 9.08. The van der Waals surface area contributed by atoms with E-state index in [-0.39, 0.29) is 6.23 Å². The monoisotopic (exact) mass is 348 g/mol. The van der Waals surface area contributed by atoms with E-state index in [9.17, 15) is 0 Å². The summed E-state index contributed by atoms with van der Waals surface area (Å²) >= 11 is 0. The van der Waals surface area contributed by atoms with Gasteiger partial charge >= 0.3 is 0 Å². The van der Waals surface area contributed by atoms with Crippen LogP contribution in [0.25, 0.3) is 5.69 Å². The molecule has 1 atom stereocenters. The fraction of sp³-hybridized carbons (Fsp3) is 0.273. The molecule has 0 radical (unpaired) electrons. The quantitative estimate of drug-likeness (QED) is 0.675. The number of nitrogens with zero attached hydrogens (tertiary/aromatic N) is 2. The Morgan fingerprint density at radius 1 is 1.00 bits per heavy atom. The molecule has 0 N–H and O–H groups in total. The zero-order valence-electron chi connectivity index (χ0n) is 15.3. The van der Waals surface area contributed by atoms with Crippen molar-refractivity contribution in [3.8, 4) is 11.4 Å². The van der Waals surface area contributed by atoms with Crippen molar-refractivity contribution in [2.75, 3.05) is 25.2 Å². The van der Waals surface area contributed by atoms with Gasteiger partial charge in [0.05, 0.1) is 13.7 Å². The molecule has 0 saturated carbocycles. The number of hydrogen-bond donors (Lipinski definition) is 0. The van der Waals surface area contributed by atoms with Crippen LogP contribution in [0.4, 0.5) is 5.69 Å². The van der Waals surface area contributed by atoms with Crippen molar-refractivity contribution in [1.82, 2.24) is 4.57 Å². The summed E-state index contributed by atoms with van der Waals surface area (Å²) in [7, 11) is 1.68. The molecule has 0 spiro atoms. The van der Waals surface area contributed by atoms with Crippen LogP contribution in [-0.4, -0.2) is 24.8 Å². The normalized spacial score (nSPS) is 16.8. The van der Waals surface area contributed by atoms with Gasteiger partial charge in [0.2, 0.25) is 0 Å². The van der Waals surface area contributed by atoms with E-state index < -0.39 is 0 Å². The van der Waals surface area contributed by atoms with Gasteiger partial charge in [0.1, 0.15) is 5.75 Å². The van der Waals surface area contributed by atoms with Crippen LogP contribution in [0.15, 0.2) is 67.0 Å². The van der Waals surface area contributed by atoms with Gasteiger partial charge < -0.3 is 18.9 Å². The number of hydrogen-bond acceptors (Lipinski definition) is 3.